The third kappa shape index (κ3) is 2.27. The van der Waals surface area contributed by atoms with Crippen molar-refractivity contribution in [2.45, 2.75) is 13.8 Å². The number of carbonyl (C=O) groups is 1. The Labute approximate surface area is 103 Å². The standard InChI is InChI=1S/C12H12N4O2/c1-6-3-8(4-7(2)14-6)10-5-9(11(13)17)12(18)16-15-10/h3-5H,1-2H3,(H2,13,17)(H,16,18). The number of aromatic nitrogens is 3. The molecule has 0 atom stereocenters. The molecule has 0 aliphatic heterocycles. The molecule has 0 saturated heterocycles. The number of rotatable bonds is 2. The highest BCUT2D eigenvalue weighted by Gasteiger charge is 2.10. The molecule has 2 aromatic heterocycles. The van der Waals surface area contributed by atoms with E-state index < -0.39 is 11.5 Å². The van der Waals surface area contributed by atoms with Crippen LogP contribution in [0.1, 0.15) is 21.7 Å². The highest BCUT2D eigenvalue weighted by molar-refractivity contribution is 5.93. The minimum Gasteiger partial charge on any atom is -0.365 e. The second-order valence-electron chi connectivity index (χ2n) is 4.00. The van der Waals surface area contributed by atoms with Crippen LogP contribution >= 0.6 is 0 Å². The number of hydrogen-bond acceptors (Lipinski definition) is 4. The van der Waals surface area contributed by atoms with Crippen molar-refractivity contribution in [3.63, 3.8) is 0 Å². The average molecular weight is 244 g/mol. The SMILES string of the molecule is Cc1cc(-c2cc(C(N)=O)c(=O)[nH]n2)cc(C)n1. The lowest BCUT2D eigenvalue weighted by molar-refractivity contribution is 0.0998. The van der Waals surface area contributed by atoms with E-state index in [1.807, 2.05) is 26.0 Å². The number of aryl methyl sites for hydroxylation is 2. The zero-order valence-electron chi connectivity index (χ0n) is 10.0. The summed E-state index contributed by atoms with van der Waals surface area (Å²) in [4.78, 5) is 26.7. The van der Waals surface area contributed by atoms with Crippen LogP contribution in [0.25, 0.3) is 11.3 Å². The number of primary amides is 1. The highest BCUT2D eigenvalue weighted by Crippen LogP contribution is 2.17. The predicted octanol–water partition coefficient (Wildman–Crippen LogP) is 0.548. The zero-order chi connectivity index (χ0) is 13.3. The highest BCUT2D eigenvalue weighted by atomic mass is 16.2. The molecular weight excluding hydrogens is 232 g/mol. The van der Waals surface area contributed by atoms with E-state index in [1.54, 1.807) is 0 Å². The van der Waals surface area contributed by atoms with Crippen molar-refractivity contribution < 1.29 is 4.79 Å². The van der Waals surface area contributed by atoms with E-state index in [-0.39, 0.29) is 5.56 Å². The normalized spacial score (nSPS) is 10.3. The predicted molar refractivity (Wildman–Crippen MR) is 66.1 cm³/mol. The molecule has 0 aliphatic carbocycles. The number of H-pyrrole nitrogens is 1. The summed E-state index contributed by atoms with van der Waals surface area (Å²) in [6.07, 6.45) is 0. The van der Waals surface area contributed by atoms with Crippen molar-refractivity contribution in [2.75, 3.05) is 0 Å². The van der Waals surface area contributed by atoms with Gasteiger partial charge in [-0.25, -0.2) is 5.10 Å². The van der Waals surface area contributed by atoms with Gasteiger partial charge in [0.05, 0.1) is 5.69 Å². The van der Waals surface area contributed by atoms with E-state index in [2.05, 4.69) is 15.2 Å². The molecule has 2 heterocycles. The van der Waals surface area contributed by atoms with Crippen molar-refractivity contribution in [1.29, 1.82) is 0 Å². The van der Waals surface area contributed by atoms with Gasteiger partial charge in [-0.2, -0.15) is 5.10 Å². The van der Waals surface area contributed by atoms with Gasteiger partial charge in [0.2, 0.25) is 0 Å². The minimum absolute atomic E-state index is 0.105. The molecule has 0 aromatic carbocycles. The van der Waals surface area contributed by atoms with Gasteiger partial charge in [0.15, 0.2) is 0 Å². The molecule has 0 bridgehead atoms. The van der Waals surface area contributed by atoms with Gasteiger partial charge < -0.3 is 5.73 Å². The van der Waals surface area contributed by atoms with Crippen LogP contribution in [0.4, 0.5) is 0 Å². The quantitative estimate of drug-likeness (QED) is 0.805. The fraction of sp³-hybridized carbons (Fsp3) is 0.167. The molecular formula is C12H12N4O2. The topological polar surface area (TPSA) is 102 Å². The van der Waals surface area contributed by atoms with Crippen LogP contribution in [-0.2, 0) is 0 Å². The number of hydrogen-bond donors (Lipinski definition) is 2. The number of nitrogens with one attached hydrogen (secondary N) is 1. The van der Waals surface area contributed by atoms with Crippen LogP contribution in [-0.4, -0.2) is 21.1 Å². The van der Waals surface area contributed by atoms with Crippen molar-refractivity contribution in [1.82, 2.24) is 15.2 Å². The molecule has 2 aromatic rings. The summed E-state index contributed by atoms with van der Waals surface area (Å²) in [6.45, 7) is 3.72. The molecule has 0 unspecified atom stereocenters. The molecule has 92 valence electrons. The first kappa shape index (κ1) is 12.0. The molecule has 6 nitrogen and oxygen atoms in total. The smallest absolute Gasteiger partial charge is 0.277 e. The molecule has 2 rings (SSSR count). The van der Waals surface area contributed by atoms with Crippen molar-refractivity contribution in [2.24, 2.45) is 5.73 Å². The minimum atomic E-state index is -0.776. The monoisotopic (exact) mass is 244 g/mol. The number of carbonyl (C=O) groups excluding carboxylic acids is 1. The van der Waals surface area contributed by atoms with Crippen LogP contribution in [0.3, 0.4) is 0 Å². The lowest BCUT2D eigenvalue weighted by Crippen LogP contribution is -2.24. The van der Waals surface area contributed by atoms with Crippen LogP contribution < -0.4 is 11.3 Å². The first-order valence-corrected chi connectivity index (χ1v) is 5.32. The number of aromatic amines is 1. The van der Waals surface area contributed by atoms with Crippen molar-refractivity contribution in [3.05, 3.63) is 45.5 Å². The maximum atomic E-state index is 11.3. The third-order valence-corrected chi connectivity index (χ3v) is 2.45. The Morgan fingerprint density at radius 1 is 1.22 bits per heavy atom. The van der Waals surface area contributed by atoms with Crippen molar-refractivity contribution in [3.8, 4) is 11.3 Å². The summed E-state index contributed by atoms with van der Waals surface area (Å²) in [5.41, 5.74) is 7.35. The Bertz CT molecular complexity index is 656. The van der Waals surface area contributed by atoms with E-state index >= 15 is 0 Å². The first-order valence-electron chi connectivity index (χ1n) is 5.32. The fourth-order valence-corrected chi connectivity index (χ4v) is 1.72. The van der Waals surface area contributed by atoms with Gasteiger partial charge in [-0.1, -0.05) is 0 Å². The summed E-state index contributed by atoms with van der Waals surface area (Å²) < 4.78 is 0. The second-order valence-corrected chi connectivity index (χ2v) is 4.00. The Morgan fingerprint density at radius 3 is 2.39 bits per heavy atom. The van der Waals surface area contributed by atoms with Gasteiger partial charge in [0, 0.05) is 17.0 Å². The molecule has 0 spiro atoms. The Hall–Kier alpha value is -2.50. The summed E-state index contributed by atoms with van der Waals surface area (Å²) in [7, 11) is 0. The van der Waals surface area contributed by atoms with Gasteiger partial charge in [0.25, 0.3) is 11.5 Å². The van der Waals surface area contributed by atoms with E-state index in [1.165, 1.54) is 6.07 Å². The first-order chi connectivity index (χ1) is 8.47. The average Bonchev–Trinajstić information content (AvgIpc) is 2.27. The number of nitrogens with two attached hydrogens (primary N) is 1. The molecule has 0 radical (unpaired) electrons. The lowest BCUT2D eigenvalue weighted by atomic mass is 10.1. The Balaban J connectivity index is 2.61. The summed E-state index contributed by atoms with van der Waals surface area (Å²) in [6, 6.07) is 5.02. The second kappa shape index (κ2) is 4.40. The van der Waals surface area contributed by atoms with Crippen LogP contribution in [0.15, 0.2) is 23.0 Å². The number of nitrogens with zero attached hydrogens (tertiary/aromatic N) is 2. The molecule has 3 N–H and O–H groups in total. The lowest BCUT2D eigenvalue weighted by Gasteiger charge is -2.04. The molecule has 0 saturated carbocycles. The van der Waals surface area contributed by atoms with Crippen LogP contribution in [0.2, 0.25) is 0 Å². The Kier molecular flexibility index (Phi) is 2.93. The van der Waals surface area contributed by atoms with E-state index in [4.69, 9.17) is 5.73 Å². The van der Waals surface area contributed by atoms with Crippen molar-refractivity contribution >= 4 is 5.91 Å². The molecule has 18 heavy (non-hydrogen) atoms. The fourth-order valence-electron chi connectivity index (χ4n) is 1.72. The van der Waals surface area contributed by atoms with Crippen LogP contribution in [0.5, 0.6) is 0 Å². The Morgan fingerprint density at radius 2 is 1.83 bits per heavy atom. The van der Waals surface area contributed by atoms with Gasteiger partial charge in [-0.05, 0) is 32.0 Å². The third-order valence-electron chi connectivity index (χ3n) is 2.45. The van der Waals surface area contributed by atoms with Gasteiger partial charge in [0.1, 0.15) is 5.56 Å². The summed E-state index contributed by atoms with van der Waals surface area (Å²) in [5.74, 6) is -0.776. The van der Waals surface area contributed by atoms with Gasteiger partial charge in [-0.3, -0.25) is 14.6 Å². The van der Waals surface area contributed by atoms with Gasteiger partial charge in [-0.15, -0.1) is 0 Å². The molecule has 1 amide bonds. The zero-order valence-corrected chi connectivity index (χ0v) is 10.0. The molecule has 6 heteroatoms. The van der Waals surface area contributed by atoms with Crippen LogP contribution in [0, 0.1) is 13.8 Å². The molecule has 0 aliphatic rings. The summed E-state index contributed by atoms with van der Waals surface area (Å²) in [5, 5.41) is 6.16. The number of pyridine rings is 1. The number of amides is 1. The maximum Gasteiger partial charge on any atom is 0.277 e. The van der Waals surface area contributed by atoms with E-state index in [0.29, 0.717) is 5.69 Å². The van der Waals surface area contributed by atoms with E-state index in [9.17, 15) is 9.59 Å². The molecule has 0 fully saturated rings. The van der Waals surface area contributed by atoms with E-state index in [0.717, 1.165) is 17.0 Å². The largest absolute Gasteiger partial charge is 0.365 e. The van der Waals surface area contributed by atoms with Gasteiger partial charge >= 0.3 is 0 Å². The maximum absolute atomic E-state index is 11.3. The summed E-state index contributed by atoms with van der Waals surface area (Å²) >= 11 is 0.